The highest BCUT2D eigenvalue weighted by atomic mass is 32.2. The molecule has 4 aromatic rings. The maximum absolute atomic E-state index is 11.8. The van der Waals surface area contributed by atoms with Crippen LogP contribution >= 0.6 is 23.1 Å². The molecule has 0 bridgehead atoms. The fourth-order valence-corrected chi connectivity index (χ4v) is 4.26. The number of thioether (sulfide) groups is 1. The summed E-state index contributed by atoms with van der Waals surface area (Å²) in [7, 11) is 0. The average molecular weight is 340 g/mol. The zero-order valence-corrected chi connectivity index (χ0v) is 13.9. The van der Waals surface area contributed by atoms with E-state index in [1.165, 1.54) is 0 Å². The maximum atomic E-state index is 11.8. The second-order valence-corrected chi connectivity index (χ2v) is 7.06. The predicted octanol–water partition coefficient (Wildman–Crippen LogP) is 4.40. The minimum Gasteiger partial charge on any atom is -0.423 e. The molecule has 23 heavy (non-hydrogen) atoms. The first-order chi connectivity index (χ1) is 11.2. The van der Waals surface area contributed by atoms with E-state index < -0.39 is 0 Å². The van der Waals surface area contributed by atoms with E-state index in [0.717, 1.165) is 31.8 Å². The van der Waals surface area contributed by atoms with Crippen LogP contribution in [0.3, 0.4) is 0 Å². The number of hydrogen-bond acceptors (Lipinski definition) is 6. The van der Waals surface area contributed by atoms with Crippen molar-refractivity contribution in [2.45, 2.75) is 17.7 Å². The molecule has 0 saturated heterocycles. The molecule has 6 heteroatoms. The molecule has 0 amide bonds. The van der Waals surface area contributed by atoms with Crippen LogP contribution in [0, 0.1) is 6.92 Å². The Labute approximate surface area is 140 Å². The number of nitrogens with zero attached hydrogens (tertiary/aromatic N) is 2. The standard InChI is InChI=1S/C17H12N2O2S2/c1-10-2-3-12-11(7-15(20)21-14(12)6-10)8-23-17-13-4-5-22-16(13)18-9-19-17/h2-7,9H,8H2,1H3. The quantitative estimate of drug-likeness (QED) is 0.314. The average Bonchev–Trinajstić information content (AvgIpc) is 3.01. The van der Waals surface area contributed by atoms with E-state index in [4.69, 9.17) is 4.42 Å². The molecule has 0 atom stereocenters. The molecular weight excluding hydrogens is 328 g/mol. The van der Waals surface area contributed by atoms with Gasteiger partial charge < -0.3 is 4.42 Å². The third-order valence-corrected chi connectivity index (χ3v) is 5.45. The number of thiophene rings is 1. The van der Waals surface area contributed by atoms with Crippen LogP contribution in [0.25, 0.3) is 21.2 Å². The van der Waals surface area contributed by atoms with E-state index in [1.54, 1.807) is 35.5 Å². The SMILES string of the molecule is Cc1ccc2c(CSc3ncnc4sccc34)cc(=O)oc2c1. The van der Waals surface area contributed by atoms with Crippen LogP contribution in [0.1, 0.15) is 11.1 Å². The van der Waals surface area contributed by atoms with E-state index in [-0.39, 0.29) is 5.63 Å². The molecule has 0 aliphatic heterocycles. The maximum Gasteiger partial charge on any atom is 0.336 e. The Morgan fingerprint density at radius 2 is 2.09 bits per heavy atom. The number of aromatic nitrogens is 2. The van der Waals surface area contributed by atoms with Gasteiger partial charge in [0.05, 0.1) is 0 Å². The third kappa shape index (κ3) is 2.75. The predicted molar refractivity (Wildman–Crippen MR) is 94.2 cm³/mol. The number of rotatable bonds is 3. The van der Waals surface area contributed by atoms with Crippen molar-refractivity contribution in [3.05, 3.63) is 63.6 Å². The molecule has 0 fully saturated rings. The van der Waals surface area contributed by atoms with Gasteiger partial charge in [-0.3, -0.25) is 0 Å². The summed E-state index contributed by atoms with van der Waals surface area (Å²) in [6.07, 6.45) is 1.59. The van der Waals surface area contributed by atoms with Crippen LogP contribution in [-0.2, 0) is 5.75 Å². The summed E-state index contributed by atoms with van der Waals surface area (Å²) in [5, 5.41) is 4.98. The molecule has 4 rings (SSSR count). The molecule has 3 aromatic heterocycles. The summed E-state index contributed by atoms with van der Waals surface area (Å²) < 4.78 is 5.30. The van der Waals surface area contributed by atoms with E-state index >= 15 is 0 Å². The third-order valence-electron chi connectivity index (χ3n) is 3.58. The van der Waals surface area contributed by atoms with Gasteiger partial charge in [-0.2, -0.15) is 0 Å². The highest BCUT2D eigenvalue weighted by Gasteiger charge is 2.09. The van der Waals surface area contributed by atoms with Gasteiger partial charge >= 0.3 is 5.63 Å². The Bertz CT molecular complexity index is 1070. The second-order valence-electron chi connectivity index (χ2n) is 5.20. The van der Waals surface area contributed by atoms with Crippen LogP contribution in [0.4, 0.5) is 0 Å². The van der Waals surface area contributed by atoms with Gasteiger partial charge in [0, 0.05) is 22.6 Å². The largest absolute Gasteiger partial charge is 0.423 e. The van der Waals surface area contributed by atoms with Gasteiger partial charge in [0.2, 0.25) is 0 Å². The van der Waals surface area contributed by atoms with E-state index in [9.17, 15) is 4.79 Å². The summed E-state index contributed by atoms with van der Waals surface area (Å²) in [6.45, 7) is 1.98. The fourth-order valence-electron chi connectivity index (χ4n) is 2.48. The molecule has 4 nitrogen and oxygen atoms in total. The number of hydrogen-bond donors (Lipinski definition) is 0. The van der Waals surface area contributed by atoms with Crippen molar-refractivity contribution in [1.29, 1.82) is 0 Å². The highest BCUT2D eigenvalue weighted by molar-refractivity contribution is 7.98. The first kappa shape index (κ1) is 14.4. The van der Waals surface area contributed by atoms with Crippen molar-refractivity contribution >= 4 is 44.3 Å². The van der Waals surface area contributed by atoms with Gasteiger partial charge in [0.15, 0.2) is 0 Å². The zero-order chi connectivity index (χ0) is 15.8. The highest BCUT2D eigenvalue weighted by Crippen LogP contribution is 2.31. The van der Waals surface area contributed by atoms with Crippen molar-refractivity contribution < 1.29 is 4.42 Å². The first-order valence-electron chi connectivity index (χ1n) is 7.05. The molecule has 1 aromatic carbocycles. The minimum atomic E-state index is -0.318. The monoisotopic (exact) mass is 340 g/mol. The normalized spacial score (nSPS) is 11.3. The first-order valence-corrected chi connectivity index (χ1v) is 8.91. The molecular formula is C17H12N2O2S2. The molecule has 114 valence electrons. The van der Waals surface area contributed by atoms with Crippen molar-refractivity contribution in [3.63, 3.8) is 0 Å². The van der Waals surface area contributed by atoms with E-state index in [0.29, 0.717) is 11.3 Å². The molecule has 0 N–H and O–H groups in total. The molecule has 0 spiro atoms. The van der Waals surface area contributed by atoms with Gasteiger partial charge in [0.25, 0.3) is 0 Å². The zero-order valence-electron chi connectivity index (χ0n) is 12.3. The van der Waals surface area contributed by atoms with Crippen LogP contribution in [-0.4, -0.2) is 9.97 Å². The summed E-state index contributed by atoms with van der Waals surface area (Å²) in [6, 6.07) is 9.52. The number of aryl methyl sites for hydroxylation is 1. The van der Waals surface area contributed by atoms with Crippen LogP contribution < -0.4 is 5.63 Å². The van der Waals surface area contributed by atoms with E-state index in [2.05, 4.69) is 9.97 Å². The second kappa shape index (κ2) is 5.79. The molecule has 0 aliphatic carbocycles. The van der Waals surface area contributed by atoms with Crippen molar-refractivity contribution in [2.24, 2.45) is 0 Å². The van der Waals surface area contributed by atoms with Crippen molar-refractivity contribution in [3.8, 4) is 0 Å². The van der Waals surface area contributed by atoms with Gasteiger partial charge in [0.1, 0.15) is 21.8 Å². The summed E-state index contributed by atoms with van der Waals surface area (Å²) in [5.74, 6) is 0.660. The fraction of sp³-hybridized carbons (Fsp3) is 0.118. The summed E-state index contributed by atoms with van der Waals surface area (Å²) in [4.78, 5) is 21.4. The van der Waals surface area contributed by atoms with Crippen molar-refractivity contribution in [1.82, 2.24) is 9.97 Å². The number of fused-ring (bicyclic) bond motifs is 2. The number of benzene rings is 1. The van der Waals surface area contributed by atoms with Gasteiger partial charge in [-0.1, -0.05) is 12.1 Å². The van der Waals surface area contributed by atoms with Gasteiger partial charge in [-0.15, -0.1) is 23.1 Å². The lowest BCUT2D eigenvalue weighted by atomic mass is 10.1. The van der Waals surface area contributed by atoms with Gasteiger partial charge in [-0.05, 0) is 35.6 Å². The van der Waals surface area contributed by atoms with Crippen LogP contribution in [0.2, 0.25) is 0 Å². The molecule has 0 unspecified atom stereocenters. The lowest BCUT2D eigenvalue weighted by Gasteiger charge is -2.06. The molecule has 3 heterocycles. The molecule has 0 saturated carbocycles. The smallest absolute Gasteiger partial charge is 0.336 e. The Morgan fingerprint density at radius 3 is 3.00 bits per heavy atom. The minimum absolute atomic E-state index is 0.318. The lowest BCUT2D eigenvalue weighted by Crippen LogP contribution is -2.00. The Morgan fingerprint density at radius 1 is 1.17 bits per heavy atom. The molecule has 0 aliphatic rings. The Balaban J connectivity index is 1.73. The van der Waals surface area contributed by atoms with Crippen LogP contribution in [0.5, 0.6) is 0 Å². The lowest BCUT2D eigenvalue weighted by molar-refractivity contribution is 0.559. The summed E-state index contributed by atoms with van der Waals surface area (Å²) >= 11 is 3.21. The topological polar surface area (TPSA) is 56.0 Å². The van der Waals surface area contributed by atoms with Crippen LogP contribution in [0.15, 0.2) is 56.3 Å². The summed E-state index contributed by atoms with van der Waals surface area (Å²) in [5.41, 5.74) is 2.35. The molecule has 0 radical (unpaired) electrons. The van der Waals surface area contributed by atoms with Crippen molar-refractivity contribution in [2.75, 3.05) is 0 Å². The Hall–Kier alpha value is -2.18. The Kier molecular flexibility index (Phi) is 3.63. The van der Waals surface area contributed by atoms with Gasteiger partial charge in [-0.25, -0.2) is 14.8 Å². The van der Waals surface area contributed by atoms with E-state index in [1.807, 2.05) is 36.6 Å².